The summed E-state index contributed by atoms with van der Waals surface area (Å²) in [6.45, 7) is 5.83. The van der Waals surface area contributed by atoms with E-state index in [-0.39, 0.29) is 11.9 Å². The maximum absolute atomic E-state index is 11.9. The van der Waals surface area contributed by atoms with Crippen LogP contribution in [0.15, 0.2) is 0 Å². The Kier molecular flexibility index (Phi) is 5.72. The first-order valence-electron chi connectivity index (χ1n) is 5.71. The van der Waals surface area contributed by atoms with Gasteiger partial charge in [0.25, 0.3) is 0 Å². The molecule has 1 N–H and O–H groups in total. The number of hydrogen-bond donors (Lipinski definition) is 1. The summed E-state index contributed by atoms with van der Waals surface area (Å²) < 4.78 is 0. The Morgan fingerprint density at radius 3 is 3.06 bits per heavy atom. The van der Waals surface area contributed by atoms with Crippen molar-refractivity contribution in [3.63, 3.8) is 0 Å². The van der Waals surface area contributed by atoms with E-state index >= 15 is 0 Å². The Morgan fingerprint density at radius 2 is 2.44 bits per heavy atom. The van der Waals surface area contributed by atoms with Crippen LogP contribution in [0.3, 0.4) is 0 Å². The molecule has 1 amide bonds. The third kappa shape index (κ3) is 4.07. The van der Waals surface area contributed by atoms with Gasteiger partial charge in [0, 0.05) is 24.9 Å². The van der Waals surface area contributed by atoms with Crippen LogP contribution < -0.4 is 5.32 Å². The van der Waals surface area contributed by atoms with Gasteiger partial charge in [0.1, 0.15) is 0 Å². The number of nitrogens with one attached hydrogen (secondary N) is 1. The number of carbonyl (C=O) groups excluding carboxylic acids is 1. The Hall–Kier alpha value is -0.660. The van der Waals surface area contributed by atoms with E-state index in [1.54, 1.807) is 11.8 Å². The molecule has 0 aliphatic carbocycles. The molecular weight excluding hydrogens is 220 g/mol. The van der Waals surface area contributed by atoms with Gasteiger partial charge in [0.05, 0.1) is 11.8 Å². The van der Waals surface area contributed by atoms with Crippen molar-refractivity contribution in [1.29, 1.82) is 0 Å². The highest BCUT2D eigenvalue weighted by atomic mass is 32.2. The summed E-state index contributed by atoms with van der Waals surface area (Å²) in [5.41, 5.74) is 0. The molecule has 1 saturated heterocycles. The van der Waals surface area contributed by atoms with Gasteiger partial charge in [-0.1, -0.05) is 19.8 Å². The van der Waals surface area contributed by atoms with Crippen molar-refractivity contribution >= 4 is 17.7 Å². The fourth-order valence-corrected chi connectivity index (χ4v) is 2.44. The van der Waals surface area contributed by atoms with Gasteiger partial charge in [0.2, 0.25) is 5.91 Å². The predicted octanol–water partition coefficient (Wildman–Crippen LogP) is 0.952. The summed E-state index contributed by atoms with van der Waals surface area (Å²) in [5, 5.41) is 3.29. The second kappa shape index (κ2) is 6.82. The molecule has 0 spiro atoms. The third-order valence-electron chi connectivity index (χ3n) is 2.52. The molecule has 1 aliphatic rings. The largest absolute Gasteiger partial charge is 0.340 e. The lowest BCUT2D eigenvalue weighted by Crippen LogP contribution is -2.41. The van der Waals surface area contributed by atoms with Crippen molar-refractivity contribution in [2.75, 3.05) is 24.6 Å². The van der Waals surface area contributed by atoms with Crippen LogP contribution in [0.4, 0.5) is 0 Å². The SMILES string of the molecule is C#CCSCCN1CCC(NC(C)C)C1=O. The van der Waals surface area contributed by atoms with Crippen molar-refractivity contribution in [3.8, 4) is 12.3 Å². The number of hydrogen-bond acceptors (Lipinski definition) is 3. The van der Waals surface area contributed by atoms with Crippen molar-refractivity contribution in [2.24, 2.45) is 0 Å². The van der Waals surface area contributed by atoms with Crippen LogP contribution in [0.5, 0.6) is 0 Å². The summed E-state index contributed by atoms with van der Waals surface area (Å²) in [4.78, 5) is 13.9. The van der Waals surface area contributed by atoms with Gasteiger partial charge in [0.15, 0.2) is 0 Å². The summed E-state index contributed by atoms with van der Waals surface area (Å²) in [5.74, 6) is 4.50. The first-order valence-corrected chi connectivity index (χ1v) is 6.86. The van der Waals surface area contributed by atoms with Crippen molar-refractivity contribution < 1.29 is 4.79 Å². The Balaban J connectivity index is 2.25. The highest BCUT2D eigenvalue weighted by molar-refractivity contribution is 7.99. The van der Waals surface area contributed by atoms with Gasteiger partial charge in [-0.3, -0.25) is 4.79 Å². The summed E-state index contributed by atoms with van der Waals surface area (Å²) in [6.07, 6.45) is 6.09. The third-order valence-corrected chi connectivity index (χ3v) is 3.36. The zero-order chi connectivity index (χ0) is 12.0. The quantitative estimate of drug-likeness (QED) is 0.554. The van der Waals surface area contributed by atoms with E-state index in [9.17, 15) is 4.79 Å². The normalized spacial score (nSPS) is 20.5. The fraction of sp³-hybridized carbons (Fsp3) is 0.750. The molecule has 90 valence electrons. The van der Waals surface area contributed by atoms with Gasteiger partial charge in [-0.15, -0.1) is 18.2 Å². The van der Waals surface area contributed by atoms with Crippen LogP contribution in [-0.4, -0.2) is 47.5 Å². The first-order chi connectivity index (χ1) is 7.65. The fourth-order valence-electron chi connectivity index (χ4n) is 1.82. The second-order valence-electron chi connectivity index (χ2n) is 4.24. The molecular formula is C12H20N2OS. The van der Waals surface area contributed by atoms with E-state index in [1.165, 1.54) is 0 Å². The average Bonchev–Trinajstić information content (AvgIpc) is 2.56. The second-order valence-corrected chi connectivity index (χ2v) is 5.35. The van der Waals surface area contributed by atoms with E-state index in [0.717, 1.165) is 31.0 Å². The smallest absolute Gasteiger partial charge is 0.239 e. The highest BCUT2D eigenvalue weighted by Crippen LogP contribution is 2.12. The van der Waals surface area contributed by atoms with Crippen LogP contribution >= 0.6 is 11.8 Å². The van der Waals surface area contributed by atoms with E-state index in [1.807, 2.05) is 4.90 Å². The molecule has 1 fully saturated rings. The van der Waals surface area contributed by atoms with E-state index in [2.05, 4.69) is 25.1 Å². The van der Waals surface area contributed by atoms with Crippen molar-refractivity contribution in [3.05, 3.63) is 0 Å². The van der Waals surface area contributed by atoms with Crippen LogP contribution in [0.1, 0.15) is 20.3 Å². The summed E-state index contributed by atoms with van der Waals surface area (Å²) in [7, 11) is 0. The minimum absolute atomic E-state index is 0.0256. The molecule has 0 aromatic rings. The van der Waals surface area contributed by atoms with Gasteiger partial charge < -0.3 is 10.2 Å². The lowest BCUT2D eigenvalue weighted by molar-refractivity contribution is -0.129. The number of thioether (sulfide) groups is 1. The number of amides is 1. The van der Waals surface area contributed by atoms with Crippen LogP contribution in [0.2, 0.25) is 0 Å². The topological polar surface area (TPSA) is 32.3 Å². The molecule has 4 heteroatoms. The Morgan fingerprint density at radius 1 is 1.69 bits per heavy atom. The van der Waals surface area contributed by atoms with Gasteiger partial charge in [-0.05, 0) is 6.42 Å². The number of carbonyl (C=O) groups is 1. The van der Waals surface area contributed by atoms with Crippen molar-refractivity contribution in [2.45, 2.75) is 32.4 Å². The number of likely N-dealkylation sites (tertiary alicyclic amines) is 1. The van der Waals surface area contributed by atoms with Gasteiger partial charge in [-0.25, -0.2) is 0 Å². The number of rotatable bonds is 6. The zero-order valence-corrected chi connectivity index (χ0v) is 10.8. The number of nitrogens with zero attached hydrogens (tertiary/aromatic N) is 1. The molecule has 16 heavy (non-hydrogen) atoms. The molecule has 0 aromatic heterocycles. The van der Waals surface area contributed by atoms with Gasteiger partial charge in [-0.2, -0.15) is 0 Å². The summed E-state index contributed by atoms with van der Waals surface area (Å²) in [6, 6.07) is 0.391. The van der Waals surface area contributed by atoms with E-state index < -0.39 is 0 Å². The molecule has 1 unspecified atom stereocenters. The standard InChI is InChI=1S/C12H20N2OS/c1-4-8-16-9-7-14-6-5-11(12(14)15)13-10(2)3/h1,10-11,13H,5-9H2,2-3H3. The minimum atomic E-state index is 0.0256. The molecule has 0 bridgehead atoms. The number of terminal acetylenes is 1. The average molecular weight is 240 g/mol. The Bertz CT molecular complexity index is 273. The molecule has 3 nitrogen and oxygen atoms in total. The minimum Gasteiger partial charge on any atom is -0.340 e. The predicted molar refractivity (Wildman–Crippen MR) is 69.4 cm³/mol. The molecule has 0 saturated carbocycles. The lowest BCUT2D eigenvalue weighted by atomic mass is 10.2. The molecule has 0 aromatic carbocycles. The van der Waals surface area contributed by atoms with Crippen molar-refractivity contribution in [1.82, 2.24) is 10.2 Å². The van der Waals surface area contributed by atoms with Crippen LogP contribution in [0, 0.1) is 12.3 Å². The maximum atomic E-state index is 11.9. The van der Waals surface area contributed by atoms with Crippen LogP contribution in [-0.2, 0) is 4.79 Å². The van der Waals surface area contributed by atoms with Crippen LogP contribution in [0.25, 0.3) is 0 Å². The molecule has 1 atom stereocenters. The summed E-state index contributed by atoms with van der Waals surface area (Å²) >= 11 is 1.71. The molecule has 1 rings (SSSR count). The molecule has 0 radical (unpaired) electrons. The molecule has 1 aliphatic heterocycles. The Labute approximate surface area is 102 Å². The molecule has 1 heterocycles. The zero-order valence-electron chi connectivity index (χ0n) is 10.0. The van der Waals surface area contributed by atoms with E-state index in [4.69, 9.17) is 6.42 Å². The first kappa shape index (κ1) is 13.4. The lowest BCUT2D eigenvalue weighted by Gasteiger charge is -2.17. The monoisotopic (exact) mass is 240 g/mol. The highest BCUT2D eigenvalue weighted by Gasteiger charge is 2.30. The maximum Gasteiger partial charge on any atom is 0.239 e. The van der Waals surface area contributed by atoms with Gasteiger partial charge >= 0.3 is 0 Å². The van der Waals surface area contributed by atoms with E-state index in [0.29, 0.717) is 6.04 Å².